The summed E-state index contributed by atoms with van der Waals surface area (Å²) in [7, 11) is 5.55. The molecule has 0 aromatic heterocycles. The second-order valence-electron chi connectivity index (χ2n) is 4.41. The summed E-state index contributed by atoms with van der Waals surface area (Å²) < 4.78 is 5.05. The minimum absolute atomic E-state index is 0.0197. The number of anilines is 2. The first-order valence-electron chi connectivity index (χ1n) is 5.91. The van der Waals surface area contributed by atoms with E-state index in [2.05, 4.69) is 10.2 Å². The maximum absolute atomic E-state index is 11.7. The molecule has 0 aliphatic rings. The average Bonchev–Trinajstić information content (AvgIpc) is 2.31. The van der Waals surface area contributed by atoms with Crippen molar-refractivity contribution < 1.29 is 9.53 Å². The first kappa shape index (κ1) is 14.3. The average molecular weight is 251 g/mol. The van der Waals surface area contributed by atoms with Crippen LogP contribution in [0.3, 0.4) is 0 Å². The highest BCUT2D eigenvalue weighted by atomic mass is 16.5. The standard InChI is InChI=1S/C13H21N3O2/c1-16(2)8-4-5-13(17)15-12-7-6-10(18-3)9-11(12)14/h6-7,9H,4-5,8,14H2,1-3H3,(H,15,17). The molecule has 0 saturated heterocycles. The lowest BCUT2D eigenvalue weighted by Gasteiger charge is -2.11. The van der Waals surface area contributed by atoms with Crippen molar-refractivity contribution in [3.63, 3.8) is 0 Å². The van der Waals surface area contributed by atoms with E-state index in [1.165, 1.54) is 0 Å². The highest BCUT2D eigenvalue weighted by Crippen LogP contribution is 2.24. The number of carbonyl (C=O) groups is 1. The number of hydrogen-bond acceptors (Lipinski definition) is 4. The number of nitrogens with zero attached hydrogens (tertiary/aromatic N) is 1. The van der Waals surface area contributed by atoms with Crippen LogP contribution in [0.4, 0.5) is 11.4 Å². The van der Waals surface area contributed by atoms with Crippen LogP contribution >= 0.6 is 0 Å². The van der Waals surface area contributed by atoms with Gasteiger partial charge >= 0.3 is 0 Å². The molecule has 1 rings (SSSR count). The van der Waals surface area contributed by atoms with Crippen molar-refractivity contribution in [3.8, 4) is 5.75 Å². The lowest BCUT2D eigenvalue weighted by atomic mass is 10.2. The normalized spacial score (nSPS) is 10.4. The summed E-state index contributed by atoms with van der Waals surface area (Å²) in [4.78, 5) is 13.7. The largest absolute Gasteiger partial charge is 0.497 e. The Kier molecular flexibility index (Phi) is 5.45. The van der Waals surface area contributed by atoms with E-state index in [-0.39, 0.29) is 5.91 Å². The van der Waals surface area contributed by atoms with Gasteiger partial charge in [0.25, 0.3) is 0 Å². The van der Waals surface area contributed by atoms with Crippen LogP contribution < -0.4 is 15.8 Å². The molecule has 0 saturated carbocycles. The molecule has 1 aromatic carbocycles. The van der Waals surface area contributed by atoms with E-state index >= 15 is 0 Å². The third kappa shape index (κ3) is 4.63. The zero-order chi connectivity index (χ0) is 13.5. The molecular weight excluding hydrogens is 230 g/mol. The number of hydrogen-bond donors (Lipinski definition) is 2. The lowest BCUT2D eigenvalue weighted by Crippen LogP contribution is -2.17. The highest BCUT2D eigenvalue weighted by molar-refractivity contribution is 5.93. The van der Waals surface area contributed by atoms with Crippen molar-refractivity contribution in [1.29, 1.82) is 0 Å². The SMILES string of the molecule is COc1ccc(NC(=O)CCCN(C)C)c(N)c1. The van der Waals surface area contributed by atoms with Crippen LogP contribution in [0.15, 0.2) is 18.2 Å². The summed E-state index contributed by atoms with van der Waals surface area (Å²) in [5.41, 5.74) is 6.96. The third-order valence-electron chi connectivity index (χ3n) is 2.54. The molecule has 5 nitrogen and oxygen atoms in total. The molecule has 0 bridgehead atoms. The first-order valence-corrected chi connectivity index (χ1v) is 5.91. The van der Waals surface area contributed by atoms with Crippen LogP contribution in [0.1, 0.15) is 12.8 Å². The van der Waals surface area contributed by atoms with Crippen LogP contribution in [0, 0.1) is 0 Å². The number of benzene rings is 1. The van der Waals surface area contributed by atoms with E-state index in [0.717, 1.165) is 13.0 Å². The number of ether oxygens (including phenoxy) is 1. The summed E-state index contributed by atoms with van der Waals surface area (Å²) in [6.45, 7) is 0.894. The fraction of sp³-hybridized carbons (Fsp3) is 0.462. The smallest absolute Gasteiger partial charge is 0.224 e. The van der Waals surface area contributed by atoms with Gasteiger partial charge in [-0.05, 0) is 39.2 Å². The van der Waals surface area contributed by atoms with Crippen molar-refractivity contribution in [3.05, 3.63) is 18.2 Å². The maximum Gasteiger partial charge on any atom is 0.224 e. The van der Waals surface area contributed by atoms with E-state index in [4.69, 9.17) is 10.5 Å². The Hall–Kier alpha value is -1.75. The van der Waals surface area contributed by atoms with E-state index in [1.54, 1.807) is 25.3 Å². The Morgan fingerprint density at radius 3 is 2.72 bits per heavy atom. The van der Waals surface area contributed by atoms with Gasteiger partial charge in [0.1, 0.15) is 5.75 Å². The minimum Gasteiger partial charge on any atom is -0.497 e. The summed E-state index contributed by atoms with van der Waals surface area (Å²) in [5.74, 6) is 0.659. The summed E-state index contributed by atoms with van der Waals surface area (Å²) in [6.07, 6.45) is 1.32. The molecule has 3 N–H and O–H groups in total. The van der Waals surface area contributed by atoms with Gasteiger partial charge in [0.15, 0.2) is 0 Å². The number of carbonyl (C=O) groups excluding carboxylic acids is 1. The Labute approximate surface area is 108 Å². The maximum atomic E-state index is 11.7. The van der Waals surface area contributed by atoms with Crippen LogP contribution in [0.2, 0.25) is 0 Å². The van der Waals surface area contributed by atoms with Crippen molar-refractivity contribution in [1.82, 2.24) is 4.90 Å². The number of amides is 1. The van der Waals surface area contributed by atoms with Gasteiger partial charge in [-0.15, -0.1) is 0 Å². The molecule has 1 aromatic rings. The molecule has 1 amide bonds. The van der Waals surface area contributed by atoms with Crippen LogP contribution in [-0.2, 0) is 4.79 Å². The van der Waals surface area contributed by atoms with Gasteiger partial charge in [-0.25, -0.2) is 0 Å². The summed E-state index contributed by atoms with van der Waals surface area (Å²) in [5, 5.41) is 2.80. The number of rotatable bonds is 6. The summed E-state index contributed by atoms with van der Waals surface area (Å²) >= 11 is 0. The Bertz CT molecular complexity index is 405. The van der Waals surface area contributed by atoms with E-state index in [9.17, 15) is 4.79 Å². The van der Waals surface area contributed by atoms with Crippen molar-refractivity contribution in [2.75, 3.05) is 38.8 Å². The predicted octanol–water partition coefficient (Wildman–Crippen LogP) is 1.56. The first-order chi connectivity index (χ1) is 8.52. The van der Waals surface area contributed by atoms with Crippen molar-refractivity contribution >= 4 is 17.3 Å². The second-order valence-corrected chi connectivity index (χ2v) is 4.41. The van der Waals surface area contributed by atoms with Gasteiger partial charge in [-0.3, -0.25) is 4.79 Å². The molecule has 100 valence electrons. The number of methoxy groups -OCH3 is 1. The summed E-state index contributed by atoms with van der Waals surface area (Å²) in [6, 6.07) is 5.21. The monoisotopic (exact) mass is 251 g/mol. The third-order valence-corrected chi connectivity index (χ3v) is 2.54. The molecule has 0 fully saturated rings. The van der Waals surface area contributed by atoms with Crippen LogP contribution in [-0.4, -0.2) is 38.6 Å². The second kappa shape index (κ2) is 6.86. The zero-order valence-electron chi connectivity index (χ0n) is 11.2. The Morgan fingerprint density at radius 1 is 1.44 bits per heavy atom. The van der Waals surface area contributed by atoms with Crippen LogP contribution in [0.25, 0.3) is 0 Å². The predicted molar refractivity (Wildman–Crippen MR) is 73.8 cm³/mol. The van der Waals surface area contributed by atoms with E-state index in [1.807, 2.05) is 14.1 Å². The molecule has 5 heteroatoms. The molecule has 0 aliphatic heterocycles. The van der Waals surface area contributed by atoms with Crippen molar-refractivity contribution in [2.45, 2.75) is 12.8 Å². The number of nitrogens with one attached hydrogen (secondary N) is 1. The lowest BCUT2D eigenvalue weighted by molar-refractivity contribution is -0.116. The van der Waals surface area contributed by atoms with E-state index < -0.39 is 0 Å². The van der Waals surface area contributed by atoms with E-state index in [0.29, 0.717) is 23.5 Å². The fourth-order valence-electron chi connectivity index (χ4n) is 1.55. The Balaban J connectivity index is 2.49. The minimum atomic E-state index is -0.0197. The fourth-order valence-corrected chi connectivity index (χ4v) is 1.55. The molecule has 18 heavy (non-hydrogen) atoms. The topological polar surface area (TPSA) is 67.6 Å². The highest BCUT2D eigenvalue weighted by Gasteiger charge is 2.06. The molecular formula is C13H21N3O2. The Morgan fingerprint density at radius 2 is 2.17 bits per heavy atom. The van der Waals surface area contributed by atoms with Gasteiger partial charge in [0.05, 0.1) is 18.5 Å². The zero-order valence-corrected chi connectivity index (χ0v) is 11.2. The quantitative estimate of drug-likeness (QED) is 0.753. The number of nitrogen functional groups attached to an aromatic ring is 1. The molecule has 0 spiro atoms. The van der Waals surface area contributed by atoms with Crippen LogP contribution in [0.5, 0.6) is 5.75 Å². The van der Waals surface area contributed by atoms with Gasteiger partial charge in [0.2, 0.25) is 5.91 Å². The molecule has 0 unspecified atom stereocenters. The molecule has 0 atom stereocenters. The van der Waals surface area contributed by atoms with Gasteiger partial charge in [0, 0.05) is 12.5 Å². The van der Waals surface area contributed by atoms with Crippen molar-refractivity contribution in [2.24, 2.45) is 0 Å². The van der Waals surface area contributed by atoms with Gasteiger partial charge in [-0.1, -0.05) is 0 Å². The molecule has 0 radical (unpaired) electrons. The molecule has 0 aliphatic carbocycles. The number of nitrogens with two attached hydrogens (primary N) is 1. The van der Waals surface area contributed by atoms with Gasteiger partial charge in [-0.2, -0.15) is 0 Å². The van der Waals surface area contributed by atoms with Gasteiger partial charge < -0.3 is 20.7 Å². The molecule has 0 heterocycles.